The highest BCUT2D eigenvalue weighted by molar-refractivity contribution is 9.11. The van der Waals surface area contributed by atoms with Crippen molar-refractivity contribution in [2.24, 2.45) is 17.8 Å². The molecule has 3 heteroatoms. The molecule has 0 radical (unpaired) electrons. The third-order valence-electron chi connectivity index (χ3n) is 3.89. The lowest BCUT2D eigenvalue weighted by atomic mass is 9.95. The molecule has 3 atom stereocenters. The van der Waals surface area contributed by atoms with Gasteiger partial charge in [0.1, 0.15) is 0 Å². The van der Waals surface area contributed by atoms with Crippen LogP contribution < -0.4 is 0 Å². The van der Waals surface area contributed by atoms with E-state index in [1.165, 1.54) is 28.6 Å². The standard InChI is InChI=1S/C12H15BrOS/c1-6-2-10(15-12(6)13)11(14)9-4-7-3-8(7)5-9/h2,7-9,11,14H,3-5H2,1H3. The summed E-state index contributed by atoms with van der Waals surface area (Å²) in [5, 5.41) is 10.3. The lowest BCUT2D eigenvalue weighted by molar-refractivity contribution is 0.108. The van der Waals surface area contributed by atoms with Crippen LogP contribution in [0.15, 0.2) is 9.85 Å². The predicted octanol–water partition coefficient (Wildman–Crippen LogP) is 3.90. The van der Waals surface area contributed by atoms with Crippen LogP contribution in [0.25, 0.3) is 0 Å². The number of hydrogen-bond donors (Lipinski definition) is 1. The normalized spacial score (nSPS) is 35.3. The Kier molecular flexibility index (Phi) is 2.45. The minimum absolute atomic E-state index is 0.215. The third-order valence-corrected chi connectivity index (χ3v) is 6.10. The Bertz CT molecular complexity index is 357. The fourth-order valence-electron chi connectivity index (χ4n) is 2.88. The van der Waals surface area contributed by atoms with Gasteiger partial charge in [0.2, 0.25) is 0 Å². The molecule has 15 heavy (non-hydrogen) atoms. The van der Waals surface area contributed by atoms with Crippen LogP contribution in [0.1, 0.15) is 35.8 Å². The van der Waals surface area contributed by atoms with Crippen LogP contribution in [0.5, 0.6) is 0 Å². The van der Waals surface area contributed by atoms with E-state index >= 15 is 0 Å². The van der Waals surface area contributed by atoms with E-state index in [1.54, 1.807) is 11.3 Å². The first kappa shape index (κ1) is 10.3. The van der Waals surface area contributed by atoms with Gasteiger partial charge in [0.05, 0.1) is 9.89 Å². The average Bonchev–Trinajstić information content (AvgIpc) is 2.66. The summed E-state index contributed by atoms with van der Waals surface area (Å²) in [7, 11) is 0. The van der Waals surface area contributed by atoms with E-state index in [0.29, 0.717) is 5.92 Å². The Balaban J connectivity index is 1.76. The fraction of sp³-hybridized carbons (Fsp3) is 0.667. The SMILES string of the molecule is Cc1cc(C(O)C2CC3CC3C2)sc1Br. The Hall–Kier alpha value is 0.140. The summed E-state index contributed by atoms with van der Waals surface area (Å²) in [4.78, 5) is 1.14. The van der Waals surface area contributed by atoms with Crippen LogP contribution in [0, 0.1) is 24.7 Å². The van der Waals surface area contributed by atoms with Crippen molar-refractivity contribution in [3.63, 3.8) is 0 Å². The zero-order valence-electron chi connectivity index (χ0n) is 8.74. The molecule has 2 fully saturated rings. The van der Waals surface area contributed by atoms with Gasteiger partial charge in [0.15, 0.2) is 0 Å². The average molecular weight is 287 g/mol. The highest BCUT2D eigenvalue weighted by Crippen LogP contribution is 2.57. The number of aryl methyl sites for hydroxylation is 1. The van der Waals surface area contributed by atoms with Crippen LogP contribution >= 0.6 is 27.3 Å². The molecule has 0 bridgehead atoms. The molecular formula is C12H15BrOS. The molecular weight excluding hydrogens is 272 g/mol. The highest BCUT2D eigenvalue weighted by atomic mass is 79.9. The molecule has 82 valence electrons. The van der Waals surface area contributed by atoms with E-state index in [1.807, 2.05) is 0 Å². The smallest absolute Gasteiger partial charge is 0.0910 e. The quantitative estimate of drug-likeness (QED) is 0.874. The molecule has 1 heterocycles. The molecule has 0 aliphatic heterocycles. The van der Waals surface area contributed by atoms with Gasteiger partial charge in [-0.25, -0.2) is 0 Å². The summed E-state index contributed by atoms with van der Waals surface area (Å²) in [6.45, 7) is 2.09. The van der Waals surface area contributed by atoms with Gasteiger partial charge >= 0.3 is 0 Å². The molecule has 1 aromatic heterocycles. The van der Waals surface area contributed by atoms with Gasteiger partial charge in [-0.3, -0.25) is 0 Å². The molecule has 0 spiro atoms. The van der Waals surface area contributed by atoms with Gasteiger partial charge in [0, 0.05) is 4.88 Å². The fourth-order valence-corrected chi connectivity index (χ4v) is 4.53. The van der Waals surface area contributed by atoms with Crippen LogP contribution in [0.3, 0.4) is 0 Å². The molecule has 2 aliphatic carbocycles. The van der Waals surface area contributed by atoms with Crippen LogP contribution in [-0.2, 0) is 0 Å². The van der Waals surface area contributed by atoms with E-state index in [4.69, 9.17) is 0 Å². The van der Waals surface area contributed by atoms with Gasteiger partial charge in [0.25, 0.3) is 0 Å². The topological polar surface area (TPSA) is 20.2 Å². The number of rotatable bonds is 2. The Labute approximate surface area is 103 Å². The van der Waals surface area contributed by atoms with Crippen molar-refractivity contribution in [1.82, 2.24) is 0 Å². The molecule has 3 rings (SSSR count). The summed E-state index contributed by atoms with van der Waals surface area (Å²) >= 11 is 5.21. The number of aliphatic hydroxyl groups is 1. The largest absolute Gasteiger partial charge is 0.387 e. The summed E-state index contributed by atoms with van der Waals surface area (Å²) in [5.74, 6) is 2.43. The maximum atomic E-state index is 10.3. The monoisotopic (exact) mass is 286 g/mol. The van der Waals surface area contributed by atoms with Gasteiger partial charge < -0.3 is 5.11 Å². The molecule has 1 aromatic rings. The molecule has 0 aromatic carbocycles. The molecule has 1 N–H and O–H groups in total. The Morgan fingerprint density at radius 1 is 1.40 bits per heavy atom. The second-order valence-electron chi connectivity index (χ2n) is 5.04. The summed E-state index contributed by atoms with van der Waals surface area (Å²) < 4.78 is 1.17. The third kappa shape index (κ3) is 1.79. The van der Waals surface area contributed by atoms with Crippen molar-refractivity contribution in [2.75, 3.05) is 0 Å². The number of hydrogen-bond acceptors (Lipinski definition) is 2. The van der Waals surface area contributed by atoms with Crippen molar-refractivity contribution in [1.29, 1.82) is 0 Å². The van der Waals surface area contributed by atoms with Gasteiger partial charge in [-0.1, -0.05) is 0 Å². The number of halogens is 1. The lowest BCUT2D eigenvalue weighted by Crippen LogP contribution is -2.09. The van der Waals surface area contributed by atoms with Gasteiger partial charge in [-0.15, -0.1) is 11.3 Å². The molecule has 0 amide bonds. The lowest BCUT2D eigenvalue weighted by Gasteiger charge is -2.17. The van der Waals surface area contributed by atoms with E-state index in [2.05, 4.69) is 28.9 Å². The van der Waals surface area contributed by atoms with E-state index < -0.39 is 0 Å². The van der Waals surface area contributed by atoms with Crippen molar-refractivity contribution < 1.29 is 5.11 Å². The maximum Gasteiger partial charge on any atom is 0.0910 e. The van der Waals surface area contributed by atoms with Crippen molar-refractivity contribution >= 4 is 27.3 Å². The molecule has 2 aliphatic rings. The van der Waals surface area contributed by atoms with Crippen LogP contribution in [-0.4, -0.2) is 5.11 Å². The van der Waals surface area contributed by atoms with E-state index in [-0.39, 0.29) is 6.10 Å². The van der Waals surface area contributed by atoms with E-state index in [9.17, 15) is 5.11 Å². The Morgan fingerprint density at radius 2 is 2.07 bits per heavy atom. The highest BCUT2D eigenvalue weighted by Gasteiger charge is 2.48. The van der Waals surface area contributed by atoms with Crippen LogP contribution in [0.4, 0.5) is 0 Å². The predicted molar refractivity (Wildman–Crippen MR) is 66.0 cm³/mol. The molecule has 0 saturated heterocycles. The zero-order valence-corrected chi connectivity index (χ0v) is 11.1. The first-order chi connectivity index (χ1) is 7.15. The number of fused-ring (bicyclic) bond motifs is 1. The Morgan fingerprint density at radius 3 is 2.60 bits per heavy atom. The summed E-state index contributed by atoms with van der Waals surface area (Å²) in [5.41, 5.74) is 1.25. The second-order valence-corrected chi connectivity index (χ2v) is 7.44. The van der Waals surface area contributed by atoms with Gasteiger partial charge in [-0.05, 0) is 71.5 Å². The van der Waals surface area contributed by atoms with E-state index in [0.717, 1.165) is 16.7 Å². The minimum atomic E-state index is -0.215. The van der Waals surface area contributed by atoms with Crippen molar-refractivity contribution in [3.05, 3.63) is 20.3 Å². The molecule has 1 nitrogen and oxygen atoms in total. The van der Waals surface area contributed by atoms with Crippen molar-refractivity contribution in [2.45, 2.75) is 32.3 Å². The first-order valence-electron chi connectivity index (χ1n) is 5.59. The number of aliphatic hydroxyl groups excluding tert-OH is 1. The van der Waals surface area contributed by atoms with Crippen LogP contribution in [0.2, 0.25) is 0 Å². The summed E-state index contributed by atoms with van der Waals surface area (Å²) in [6, 6.07) is 2.13. The minimum Gasteiger partial charge on any atom is -0.387 e. The maximum absolute atomic E-state index is 10.3. The number of thiophene rings is 1. The summed E-state index contributed by atoms with van der Waals surface area (Å²) in [6.07, 6.45) is 3.71. The zero-order chi connectivity index (χ0) is 10.6. The first-order valence-corrected chi connectivity index (χ1v) is 7.20. The molecule has 2 saturated carbocycles. The second kappa shape index (κ2) is 3.57. The van der Waals surface area contributed by atoms with Gasteiger partial charge in [-0.2, -0.15) is 0 Å². The van der Waals surface area contributed by atoms with Crippen molar-refractivity contribution in [3.8, 4) is 0 Å². The molecule has 3 unspecified atom stereocenters.